The van der Waals surface area contributed by atoms with Gasteiger partial charge in [0.15, 0.2) is 18.2 Å². The summed E-state index contributed by atoms with van der Waals surface area (Å²) >= 11 is 0. The molecule has 0 bridgehead atoms. The zero-order valence-corrected chi connectivity index (χ0v) is 15.2. The van der Waals surface area contributed by atoms with Crippen molar-refractivity contribution in [2.45, 2.75) is 19.4 Å². The van der Waals surface area contributed by atoms with Gasteiger partial charge in [-0.25, -0.2) is 4.79 Å². The number of nitriles is 1. The first-order valence-corrected chi connectivity index (χ1v) is 8.44. The molecular weight excluding hydrogens is 362 g/mol. The fourth-order valence-electron chi connectivity index (χ4n) is 2.42. The highest BCUT2D eigenvalue weighted by atomic mass is 16.5. The van der Waals surface area contributed by atoms with Gasteiger partial charge in [-0.3, -0.25) is 9.59 Å². The minimum absolute atomic E-state index is 0.0333. The summed E-state index contributed by atoms with van der Waals surface area (Å²) in [6, 6.07) is 12.6. The number of nitrogens with zero attached hydrogens (tertiary/aromatic N) is 1. The van der Waals surface area contributed by atoms with Crippen molar-refractivity contribution in [1.29, 1.82) is 10.7 Å². The quantitative estimate of drug-likeness (QED) is 0.503. The van der Waals surface area contributed by atoms with Gasteiger partial charge in [0.1, 0.15) is 12.0 Å². The number of hydrogen-bond acceptors (Lipinski definition) is 7. The molecule has 2 aromatic rings. The molecule has 0 fully saturated rings. The van der Waals surface area contributed by atoms with Gasteiger partial charge in [-0.2, -0.15) is 5.26 Å². The first kappa shape index (κ1) is 20.6. The van der Waals surface area contributed by atoms with E-state index in [1.54, 1.807) is 36.4 Å². The third kappa shape index (κ3) is 5.64. The zero-order chi connectivity index (χ0) is 20.5. The first-order chi connectivity index (χ1) is 13.4. The fourth-order valence-corrected chi connectivity index (χ4v) is 2.42. The lowest BCUT2D eigenvalue weighted by Gasteiger charge is -2.17. The minimum Gasteiger partial charge on any atom is -0.459 e. The van der Waals surface area contributed by atoms with E-state index in [0.29, 0.717) is 0 Å². The molecule has 2 N–H and O–H groups in total. The molecule has 0 radical (unpaired) electrons. The lowest BCUT2D eigenvalue weighted by Crippen LogP contribution is -2.44. The van der Waals surface area contributed by atoms with E-state index >= 15 is 0 Å². The number of rotatable bonds is 9. The number of ether oxygens (including phenoxy) is 1. The Hall–Kier alpha value is -3.73. The molecule has 144 valence electrons. The van der Waals surface area contributed by atoms with Crippen molar-refractivity contribution in [2.75, 3.05) is 6.61 Å². The lowest BCUT2D eigenvalue weighted by molar-refractivity contribution is -0.150. The van der Waals surface area contributed by atoms with E-state index in [4.69, 9.17) is 19.8 Å². The van der Waals surface area contributed by atoms with Gasteiger partial charge in [0.2, 0.25) is 0 Å². The second kappa shape index (κ2) is 9.83. The highest BCUT2D eigenvalue weighted by Crippen LogP contribution is 2.08. The largest absolute Gasteiger partial charge is 0.459 e. The Morgan fingerprint density at radius 3 is 2.50 bits per heavy atom. The number of amides is 1. The number of ketones is 1. The molecule has 1 amide bonds. The molecule has 2 rings (SSSR count). The molecule has 0 spiro atoms. The third-order valence-corrected chi connectivity index (χ3v) is 3.86. The average Bonchev–Trinajstić information content (AvgIpc) is 3.21. The van der Waals surface area contributed by atoms with Crippen molar-refractivity contribution in [3.05, 3.63) is 60.1 Å². The maximum Gasteiger partial charge on any atom is 0.329 e. The van der Waals surface area contributed by atoms with Crippen molar-refractivity contribution < 1.29 is 23.5 Å². The van der Waals surface area contributed by atoms with Crippen LogP contribution in [0.4, 0.5) is 0 Å². The average molecular weight is 381 g/mol. The van der Waals surface area contributed by atoms with Crippen molar-refractivity contribution in [3.8, 4) is 6.07 Å². The van der Waals surface area contributed by atoms with E-state index in [2.05, 4.69) is 5.32 Å². The number of Topliss-reactive ketones (excluding diaryl/α,β-unsaturated/α-hetero) is 1. The van der Waals surface area contributed by atoms with E-state index in [-0.39, 0.29) is 17.9 Å². The van der Waals surface area contributed by atoms with Gasteiger partial charge in [-0.05, 0) is 24.6 Å². The van der Waals surface area contributed by atoms with E-state index in [1.165, 1.54) is 19.3 Å². The topological polar surface area (TPSA) is 133 Å². The van der Waals surface area contributed by atoms with Gasteiger partial charge in [-0.15, -0.1) is 0 Å². The molecule has 28 heavy (non-hydrogen) atoms. The van der Waals surface area contributed by atoms with Crippen LogP contribution in [0.5, 0.6) is 0 Å². The normalized spacial score (nSPS) is 12.3. The predicted molar refractivity (Wildman–Crippen MR) is 98.6 cm³/mol. The van der Waals surface area contributed by atoms with Crippen LogP contribution in [0, 0.1) is 22.7 Å². The Balaban J connectivity index is 2.08. The maximum atomic E-state index is 12.5. The first-order valence-electron chi connectivity index (χ1n) is 8.44. The van der Waals surface area contributed by atoms with E-state index in [9.17, 15) is 14.4 Å². The Bertz CT molecular complexity index is 884. The minimum atomic E-state index is -1.27. The standard InChI is InChI=1S/C20H19N3O5/c1-13(22)15(11-21)17(24)12-28-20(26)16(10-14-6-3-2-4-7-14)23-19(25)18-8-5-9-27-18/h2-9,15-16,22H,10,12H2,1H3,(H,23,25)/t15?,16-/m0/s1. The van der Waals surface area contributed by atoms with Gasteiger partial charge < -0.3 is 19.9 Å². The molecule has 1 heterocycles. The number of carbonyl (C=O) groups is 3. The van der Waals surface area contributed by atoms with E-state index in [0.717, 1.165) is 5.56 Å². The van der Waals surface area contributed by atoms with Crippen LogP contribution in [-0.2, 0) is 20.7 Å². The molecule has 8 nitrogen and oxygen atoms in total. The molecule has 0 aliphatic heterocycles. The van der Waals surface area contributed by atoms with Crippen LogP contribution in [0.2, 0.25) is 0 Å². The van der Waals surface area contributed by atoms with Crippen molar-refractivity contribution in [1.82, 2.24) is 5.32 Å². The summed E-state index contributed by atoms with van der Waals surface area (Å²) < 4.78 is 10.0. The van der Waals surface area contributed by atoms with Gasteiger partial charge in [0.05, 0.1) is 12.3 Å². The monoisotopic (exact) mass is 381 g/mol. The predicted octanol–water partition coefficient (Wildman–Crippen LogP) is 1.91. The van der Waals surface area contributed by atoms with Crippen molar-refractivity contribution in [2.24, 2.45) is 5.92 Å². The summed E-state index contributed by atoms with van der Waals surface area (Å²) in [7, 11) is 0. The molecule has 1 unspecified atom stereocenters. The van der Waals surface area contributed by atoms with Crippen molar-refractivity contribution in [3.63, 3.8) is 0 Å². The second-order valence-corrected chi connectivity index (χ2v) is 6.01. The summed E-state index contributed by atoms with van der Waals surface area (Å²) in [4.78, 5) is 36.7. The lowest BCUT2D eigenvalue weighted by atomic mass is 10.0. The summed E-state index contributed by atoms with van der Waals surface area (Å²) in [5.41, 5.74) is 0.649. The SMILES string of the molecule is CC(=N)C(C#N)C(=O)COC(=O)[C@H](Cc1ccccc1)NC(=O)c1ccco1. The van der Waals surface area contributed by atoms with Crippen LogP contribution >= 0.6 is 0 Å². The van der Waals surface area contributed by atoms with Gasteiger partial charge in [-0.1, -0.05) is 30.3 Å². The van der Waals surface area contributed by atoms with Crippen LogP contribution in [0.15, 0.2) is 53.1 Å². The molecule has 2 atom stereocenters. The van der Waals surface area contributed by atoms with Crippen LogP contribution in [0.25, 0.3) is 0 Å². The Morgan fingerprint density at radius 2 is 1.93 bits per heavy atom. The third-order valence-electron chi connectivity index (χ3n) is 3.86. The smallest absolute Gasteiger partial charge is 0.329 e. The van der Waals surface area contributed by atoms with Crippen LogP contribution in [0.1, 0.15) is 23.0 Å². The highest BCUT2D eigenvalue weighted by molar-refractivity contribution is 6.06. The van der Waals surface area contributed by atoms with Gasteiger partial charge >= 0.3 is 5.97 Å². The van der Waals surface area contributed by atoms with Crippen LogP contribution in [-0.4, -0.2) is 36.0 Å². The maximum absolute atomic E-state index is 12.5. The van der Waals surface area contributed by atoms with Gasteiger partial charge in [0, 0.05) is 12.1 Å². The highest BCUT2D eigenvalue weighted by Gasteiger charge is 2.27. The number of benzene rings is 1. The summed E-state index contributed by atoms with van der Waals surface area (Å²) in [5, 5.41) is 18.9. The number of hydrogen-bond donors (Lipinski definition) is 2. The molecular formula is C20H19N3O5. The molecule has 0 aliphatic carbocycles. The van der Waals surface area contributed by atoms with Crippen molar-refractivity contribution >= 4 is 23.4 Å². The van der Waals surface area contributed by atoms with E-state index < -0.39 is 36.2 Å². The van der Waals surface area contributed by atoms with Gasteiger partial charge in [0.25, 0.3) is 5.91 Å². The number of esters is 1. The summed E-state index contributed by atoms with van der Waals surface area (Å²) in [5.74, 6) is -3.35. The molecule has 1 aromatic heterocycles. The van der Waals surface area contributed by atoms with Crippen LogP contribution < -0.4 is 5.32 Å². The molecule has 0 saturated heterocycles. The molecule has 0 aliphatic rings. The molecule has 8 heteroatoms. The van der Waals surface area contributed by atoms with Crippen LogP contribution in [0.3, 0.4) is 0 Å². The molecule has 0 saturated carbocycles. The second-order valence-electron chi connectivity index (χ2n) is 6.01. The summed E-state index contributed by atoms with van der Waals surface area (Å²) in [6.07, 6.45) is 1.48. The van der Waals surface area contributed by atoms with E-state index in [1.807, 2.05) is 6.07 Å². The number of carbonyl (C=O) groups excluding carboxylic acids is 3. The Kier molecular flexibility index (Phi) is 7.22. The number of furan rings is 1. The Morgan fingerprint density at radius 1 is 1.21 bits per heavy atom. The fraction of sp³-hybridized carbons (Fsp3) is 0.250. The molecule has 1 aromatic carbocycles. The zero-order valence-electron chi connectivity index (χ0n) is 15.2. The Labute approximate surface area is 161 Å². The number of nitrogens with one attached hydrogen (secondary N) is 2. The summed E-state index contributed by atoms with van der Waals surface area (Å²) in [6.45, 7) is 0.671.